The zero-order chi connectivity index (χ0) is 12.5. The van der Waals surface area contributed by atoms with Gasteiger partial charge in [-0.15, -0.1) is 0 Å². The van der Waals surface area contributed by atoms with Crippen LogP contribution < -0.4 is 0 Å². The highest BCUT2D eigenvalue weighted by Gasteiger charge is 2.27. The first-order valence-corrected chi connectivity index (χ1v) is 6.99. The van der Waals surface area contributed by atoms with Gasteiger partial charge in [-0.1, -0.05) is 0 Å². The van der Waals surface area contributed by atoms with Gasteiger partial charge in [-0.05, 0) is 22.6 Å². The summed E-state index contributed by atoms with van der Waals surface area (Å²) in [5.41, 5.74) is -1.33. The highest BCUT2D eigenvalue weighted by molar-refractivity contribution is 14.1. The van der Waals surface area contributed by atoms with E-state index in [9.17, 15) is 17.2 Å². The van der Waals surface area contributed by atoms with Gasteiger partial charge in [0.1, 0.15) is 20.2 Å². The Balaban J connectivity index is 3.77. The molecule has 0 atom stereocenters. The molecule has 1 rings (SSSR count). The van der Waals surface area contributed by atoms with Crippen molar-refractivity contribution in [2.24, 2.45) is 0 Å². The monoisotopic (exact) mass is 378 g/mol. The molecule has 0 spiro atoms. The lowest BCUT2D eigenvalue weighted by Gasteiger charge is -2.07. The Morgan fingerprint density at radius 1 is 1.56 bits per heavy atom. The van der Waals surface area contributed by atoms with Crippen molar-refractivity contribution in [3.05, 3.63) is 21.0 Å². The second-order valence-corrected chi connectivity index (χ2v) is 6.08. The molecule has 16 heavy (non-hydrogen) atoms. The molecule has 0 aliphatic carbocycles. The van der Waals surface area contributed by atoms with Gasteiger partial charge >= 0.3 is 0 Å². The zero-order valence-electron chi connectivity index (χ0n) is 7.29. The number of nitrogens with zero attached hydrogens (tertiary/aromatic N) is 2. The summed E-state index contributed by atoms with van der Waals surface area (Å²) in [7, 11) is 0.602. The van der Waals surface area contributed by atoms with E-state index in [4.69, 9.17) is 15.9 Å². The highest BCUT2D eigenvalue weighted by Crippen LogP contribution is 2.32. The number of nitriles is 1. The summed E-state index contributed by atoms with van der Waals surface area (Å²) in [5, 5.41) is 8.71. The largest absolute Gasteiger partial charge is 0.266 e. The molecule has 0 aromatic carbocycles. The second kappa shape index (κ2) is 4.77. The molecule has 9 heteroatoms. The van der Waals surface area contributed by atoms with E-state index in [0.29, 0.717) is 6.20 Å². The van der Waals surface area contributed by atoms with Gasteiger partial charge in [0, 0.05) is 16.9 Å². The fourth-order valence-electron chi connectivity index (χ4n) is 1.00. The van der Waals surface area contributed by atoms with Gasteiger partial charge in [0.2, 0.25) is 0 Å². The van der Waals surface area contributed by atoms with Crippen molar-refractivity contribution in [2.45, 2.75) is 11.3 Å². The van der Waals surface area contributed by atoms with Crippen molar-refractivity contribution >= 4 is 42.3 Å². The number of halogens is 4. The van der Waals surface area contributed by atoms with Gasteiger partial charge < -0.3 is 0 Å². The van der Waals surface area contributed by atoms with Gasteiger partial charge in [-0.25, -0.2) is 22.2 Å². The normalized spacial score (nSPS) is 11.5. The molecule has 0 bridgehead atoms. The van der Waals surface area contributed by atoms with E-state index in [1.54, 1.807) is 22.6 Å². The van der Waals surface area contributed by atoms with Crippen LogP contribution in [0, 0.1) is 15.0 Å². The summed E-state index contributed by atoms with van der Waals surface area (Å²) in [6.07, 6.45) is -2.37. The van der Waals surface area contributed by atoms with Crippen molar-refractivity contribution in [3.63, 3.8) is 0 Å². The molecule has 0 saturated heterocycles. The SMILES string of the molecule is N#Cc1c(I)ncc(C(F)F)c1S(=O)(=O)Cl. The molecule has 4 nitrogen and oxygen atoms in total. The number of alkyl halides is 2. The molecule has 0 N–H and O–H groups in total. The Kier molecular flexibility index (Phi) is 4.03. The third kappa shape index (κ3) is 2.58. The predicted octanol–water partition coefficient (Wildman–Crippen LogP) is 2.42. The molecule has 0 aliphatic heterocycles. The fourth-order valence-corrected chi connectivity index (χ4v) is 3.02. The molecule has 0 saturated carbocycles. The maximum atomic E-state index is 12.5. The summed E-state index contributed by atoms with van der Waals surface area (Å²) in [4.78, 5) is 2.64. The first-order chi connectivity index (χ1) is 7.29. The van der Waals surface area contributed by atoms with E-state index in [1.807, 2.05) is 0 Å². The fraction of sp³-hybridized carbons (Fsp3) is 0.143. The Morgan fingerprint density at radius 3 is 2.50 bits per heavy atom. The summed E-state index contributed by atoms with van der Waals surface area (Å²) in [5.74, 6) is 0. The first-order valence-electron chi connectivity index (χ1n) is 3.60. The third-order valence-electron chi connectivity index (χ3n) is 1.60. The predicted molar refractivity (Wildman–Crippen MR) is 59.7 cm³/mol. The first kappa shape index (κ1) is 13.5. The highest BCUT2D eigenvalue weighted by atomic mass is 127. The number of hydrogen-bond acceptors (Lipinski definition) is 4. The molecule has 0 unspecified atom stereocenters. The minimum atomic E-state index is -4.42. The molecule has 1 aromatic heterocycles. The lowest BCUT2D eigenvalue weighted by molar-refractivity contribution is 0.147. The van der Waals surface area contributed by atoms with E-state index in [0.717, 1.165) is 0 Å². The minimum absolute atomic E-state index is 0.00345. The van der Waals surface area contributed by atoms with Crippen LogP contribution in [0.4, 0.5) is 8.78 Å². The zero-order valence-corrected chi connectivity index (χ0v) is 11.0. The van der Waals surface area contributed by atoms with Gasteiger partial charge in [-0.3, -0.25) is 0 Å². The quantitative estimate of drug-likeness (QED) is 0.450. The van der Waals surface area contributed by atoms with Crippen molar-refractivity contribution in [3.8, 4) is 6.07 Å². The van der Waals surface area contributed by atoms with Gasteiger partial charge in [-0.2, -0.15) is 5.26 Å². The Hall–Kier alpha value is -0.530. The molecule has 86 valence electrons. The van der Waals surface area contributed by atoms with Crippen LogP contribution >= 0.6 is 33.3 Å². The number of rotatable bonds is 2. The maximum absolute atomic E-state index is 12.5. The van der Waals surface area contributed by atoms with E-state index >= 15 is 0 Å². The molecule has 0 radical (unpaired) electrons. The Morgan fingerprint density at radius 2 is 2.12 bits per heavy atom. The molecular weight excluding hydrogens is 377 g/mol. The molecule has 1 heterocycles. The number of hydrogen-bond donors (Lipinski definition) is 0. The lowest BCUT2D eigenvalue weighted by Crippen LogP contribution is -2.06. The summed E-state index contributed by atoms with van der Waals surface area (Å²) in [6.45, 7) is 0. The molecular formula is C7H2ClF2IN2O2S. The average molecular weight is 379 g/mol. The van der Waals surface area contributed by atoms with Crippen LogP contribution in [-0.4, -0.2) is 13.4 Å². The summed E-state index contributed by atoms with van der Waals surface area (Å²) < 4.78 is 47.3. The van der Waals surface area contributed by atoms with Gasteiger partial charge in [0.25, 0.3) is 15.5 Å². The van der Waals surface area contributed by atoms with Crippen molar-refractivity contribution in [1.29, 1.82) is 5.26 Å². The molecule has 0 aliphatic rings. The van der Waals surface area contributed by atoms with Crippen molar-refractivity contribution in [1.82, 2.24) is 4.98 Å². The minimum Gasteiger partial charge on any atom is -0.248 e. The van der Waals surface area contributed by atoms with Gasteiger partial charge in [0.05, 0.1) is 5.56 Å². The summed E-state index contributed by atoms with van der Waals surface area (Å²) >= 11 is 1.56. The Bertz CT molecular complexity index is 570. The third-order valence-corrected chi connectivity index (χ3v) is 3.81. The maximum Gasteiger partial charge on any atom is 0.266 e. The topological polar surface area (TPSA) is 70.8 Å². The van der Waals surface area contributed by atoms with Crippen molar-refractivity contribution < 1.29 is 17.2 Å². The molecule has 1 aromatic rings. The van der Waals surface area contributed by atoms with E-state index in [1.165, 1.54) is 6.07 Å². The van der Waals surface area contributed by atoms with Gasteiger partial charge in [0.15, 0.2) is 0 Å². The number of pyridine rings is 1. The van der Waals surface area contributed by atoms with Crippen LogP contribution in [0.1, 0.15) is 17.6 Å². The Labute approximate surface area is 108 Å². The second-order valence-electron chi connectivity index (χ2n) is 2.56. The van der Waals surface area contributed by atoms with Crippen LogP contribution in [0.5, 0.6) is 0 Å². The van der Waals surface area contributed by atoms with Crippen LogP contribution in [-0.2, 0) is 9.05 Å². The van der Waals surface area contributed by atoms with Crippen LogP contribution in [0.2, 0.25) is 0 Å². The van der Waals surface area contributed by atoms with E-state index in [2.05, 4.69) is 4.98 Å². The standard InChI is InChI=1S/C7H2ClF2IN2O2S/c8-16(14,15)5-3(1-12)7(11)13-2-4(5)6(9)10/h2,6H. The van der Waals surface area contributed by atoms with E-state index in [-0.39, 0.29) is 3.70 Å². The van der Waals surface area contributed by atoms with Crippen LogP contribution in [0.25, 0.3) is 0 Å². The summed E-state index contributed by atoms with van der Waals surface area (Å²) in [6, 6.07) is 1.50. The number of aromatic nitrogens is 1. The smallest absolute Gasteiger partial charge is 0.248 e. The van der Waals surface area contributed by atoms with Crippen LogP contribution in [0.3, 0.4) is 0 Å². The van der Waals surface area contributed by atoms with E-state index < -0.39 is 31.5 Å². The average Bonchev–Trinajstić information content (AvgIpc) is 2.15. The molecule has 0 amide bonds. The lowest BCUT2D eigenvalue weighted by atomic mass is 10.2. The van der Waals surface area contributed by atoms with Crippen molar-refractivity contribution in [2.75, 3.05) is 0 Å². The van der Waals surface area contributed by atoms with Crippen LogP contribution in [0.15, 0.2) is 11.1 Å². The molecule has 0 fully saturated rings.